The van der Waals surface area contributed by atoms with Crippen molar-refractivity contribution in [2.45, 2.75) is 18.9 Å². The molecule has 17 heavy (non-hydrogen) atoms. The minimum atomic E-state index is -0.333. The lowest BCUT2D eigenvalue weighted by atomic mass is 10.0. The number of halogens is 1. The number of aliphatic hydroxyl groups excluding tert-OH is 1. The molecule has 0 aliphatic heterocycles. The van der Waals surface area contributed by atoms with Gasteiger partial charge in [-0.3, -0.25) is 0 Å². The first-order chi connectivity index (χ1) is 8.02. The molecule has 0 saturated carbocycles. The van der Waals surface area contributed by atoms with Crippen LogP contribution in [0.25, 0.3) is 0 Å². The molecule has 0 aliphatic carbocycles. The van der Waals surface area contributed by atoms with Gasteiger partial charge in [0.05, 0.1) is 13.2 Å². The van der Waals surface area contributed by atoms with E-state index in [0.29, 0.717) is 6.42 Å². The number of nitrogens with zero attached hydrogens (tertiary/aromatic N) is 1. The second-order valence-electron chi connectivity index (χ2n) is 4.41. The molecule has 0 amide bonds. The van der Waals surface area contributed by atoms with E-state index in [2.05, 4.69) is 20.8 Å². The van der Waals surface area contributed by atoms with Crippen molar-refractivity contribution in [1.82, 2.24) is 4.90 Å². The molecule has 1 aromatic carbocycles. The second-order valence-corrected chi connectivity index (χ2v) is 5.32. The van der Waals surface area contributed by atoms with Crippen LogP contribution in [0, 0.1) is 0 Å². The van der Waals surface area contributed by atoms with Gasteiger partial charge < -0.3 is 14.7 Å². The van der Waals surface area contributed by atoms with Crippen LogP contribution >= 0.6 is 15.9 Å². The maximum Gasteiger partial charge on any atom is 0.122 e. The minimum Gasteiger partial charge on any atom is -0.496 e. The van der Waals surface area contributed by atoms with Gasteiger partial charge in [0.2, 0.25) is 0 Å². The zero-order valence-corrected chi connectivity index (χ0v) is 12.2. The van der Waals surface area contributed by atoms with Gasteiger partial charge in [0.25, 0.3) is 0 Å². The Labute approximate surface area is 112 Å². The van der Waals surface area contributed by atoms with Crippen LogP contribution in [-0.4, -0.2) is 43.9 Å². The standard InChI is InChI=1S/C13H20BrNO2/c1-15(2)7-6-12(16)9-10-8-11(14)4-5-13(10)17-3/h4-5,8,12,16H,6-7,9H2,1-3H3. The van der Waals surface area contributed by atoms with Crippen LogP contribution < -0.4 is 4.74 Å². The van der Waals surface area contributed by atoms with Crippen LogP contribution in [0.1, 0.15) is 12.0 Å². The first-order valence-electron chi connectivity index (χ1n) is 5.68. The van der Waals surface area contributed by atoms with E-state index in [1.807, 2.05) is 32.3 Å². The molecule has 0 radical (unpaired) electrons. The maximum atomic E-state index is 9.96. The van der Waals surface area contributed by atoms with Gasteiger partial charge in [-0.25, -0.2) is 0 Å². The van der Waals surface area contributed by atoms with Gasteiger partial charge in [-0.1, -0.05) is 15.9 Å². The highest BCUT2D eigenvalue weighted by molar-refractivity contribution is 9.10. The lowest BCUT2D eigenvalue weighted by molar-refractivity contribution is 0.151. The largest absolute Gasteiger partial charge is 0.496 e. The summed E-state index contributed by atoms with van der Waals surface area (Å²) in [7, 11) is 5.66. The lowest BCUT2D eigenvalue weighted by Gasteiger charge is -2.16. The predicted octanol–water partition coefficient (Wildman–Crippen LogP) is 2.31. The molecule has 96 valence electrons. The highest BCUT2D eigenvalue weighted by atomic mass is 79.9. The molecule has 1 N–H and O–H groups in total. The topological polar surface area (TPSA) is 32.7 Å². The second kappa shape index (κ2) is 6.99. The third kappa shape index (κ3) is 5.06. The summed E-state index contributed by atoms with van der Waals surface area (Å²) in [5.74, 6) is 0.831. The van der Waals surface area contributed by atoms with Crippen LogP contribution in [0.5, 0.6) is 5.75 Å². The summed E-state index contributed by atoms with van der Waals surface area (Å²) in [6, 6.07) is 5.85. The molecular formula is C13H20BrNO2. The van der Waals surface area contributed by atoms with Crippen molar-refractivity contribution >= 4 is 15.9 Å². The van der Waals surface area contributed by atoms with E-state index in [1.165, 1.54) is 0 Å². The summed E-state index contributed by atoms with van der Waals surface area (Å²) in [5, 5.41) is 9.96. The summed E-state index contributed by atoms with van der Waals surface area (Å²) in [6.07, 6.45) is 1.06. The zero-order valence-electron chi connectivity index (χ0n) is 10.6. The Morgan fingerprint density at radius 2 is 2.12 bits per heavy atom. The number of aliphatic hydroxyl groups is 1. The fourth-order valence-electron chi connectivity index (χ4n) is 1.67. The van der Waals surface area contributed by atoms with Crippen molar-refractivity contribution in [3.05, 3.63) is 28.2 Å². The number of hydrogen-bond acceptors (Lipinski definition) is 3. The Morgan fingerprint density at radius 3 is 2.71 bits per heavy atom. The van der Waals surface area contributed by atoms with E-state index in [4.69, 9.17) is 4.74 Å². The van der Waals surface area contributed by atoms with E-state index in [1.54, 1.807) is 7.11 Å². The Balaban J connectivity index is 2.63. The highest BCUT2D eigenvalue weighted by Crippen LogP contribution is 2.24. The number of hydrogen-bond donors (Lipinski definition) is 1. The molecule has 1 unspecified atom stereocenters. The van der Waals surface area contributed by atoms with Gasteiger partial charge in [-0.05, 0) is 50.8 Å². The van der Waals surface area contributed by atoms with E-state index in [0.717, 1.165) is 28.8 Å². The lowest BCUT2D eigenvalue weighted by Crippen LogP contribution is -2.21. The molecule has 0 fully saturated rings. The van der Waals surface area contributed by atoms with E-state index in [9.17, 15) is 5.11 Å². The van der Waals surface area contributed by atoms with Crippen molar-refractivity contribution in [2.24, 2.45) is 0 Å². The fraction of sp³-hybridized carbons (Fsp3) is 0.538. The molecule has 1 rings (SSSR count). The molecule has 0 aromatic heterocycles. The third-order valence-electron chi connectivity index (χ3n) is 2.61. The van der Waals surface area contributed by atoms with E-state index in [-0.39, 0.29) is 6.10 Å². The Hall–Kier alpha value is -0.580. The van der Waals surface area contributed by atoms with Crippen LogP contribution in [0.15, 0.2) is 22.7 Å². The Bertz CT molecular complexity index is 355. The first kappa shape index (κ1) is 14.5. The SMILES string of the molecule is COc1ccc(Br)cc1CC(O)CCN(C)C. The fourth-order valence-corrected chi connectivity index (χ4v) is 2.08. The predicted molar refractivity (Wildman–Crippen MR) is 73.6 cm³/mol. The van der Waals surface area contributed by atoms with Gasteiger partial charge in [0, 0.05) is 10.9 Å². The molecule has 3 nitrogen and oxygen atoms in total. The summed E-state index contributed by atoms with van der Waals surface area (Å²) >= 11 is 3.43. The van der Waals surface area contributed by atoms with E-state index >= 15 is 0 Å². The zero-order chi connectivity index (χ0) is 12.8. The first-order valence-corrected chi connectivity index (χ1v) is 6.47. The number of benzene rings is 1. The Morgan fingerprint density at radius 1 is 1.41 bits per heavy atom. The molecule has 0 spiro atoms. The minimum absolute atomic E-state index is 0.333. The summed E-state index contributed by atoms with van der Waals surface area (Å²) in [4.78, 5) is 2.07. The van der Waals surface area contributed by atoms with Crippen LogP contribution in [-0.2, 0) is 6.42 Å². The average Bonchev–Trinajstić information content (AvgIpc) is 2.27. The molecule has 1 aromatic rings. The number of rotatable bonds is 6. The van der Waals surface area contributed by atoms with Crippen LogP contribution in [0.4, 0.5) is 0 Å². The van der Waals surface area contributed by atoms with Crippen molar-refractivity contribution < 1.29 is 9.84 Å². The number of methoxy groups -OCH3 is 1. The Kier molecular flexibility index (Phi) is 5.95. The van der Waals surface area contributed by atoms with Gasteiger partial charge in [-0.15, -0.1) is 0 Å². The summed E-state index contributed by atoms with van der Waals surface area (Å²) < 4.78 is 6.29. The van der Waals surface area contributed by atoms with Crippen molar-refractivity contribution in [2.75, 3.05) is 27.7 Å². The molecule has 4 heteroatoms. The van der Waals surface area contributed by atoms with Gasteiger partial charge in [-0.2, -0.15) is 0 Å². The quantitative estimate of drug-likeness (QED) is 0.875. The van der Waals surface area contributed by atoms with Crippen molar-refractivity contribution in [3.63, 3.8) is 0 Å². The van der Waals surface area contributed by atoms with Gasteiger partial charge in [0.15, 0.2) is 0 Å². The summed E-state index contributed by atoms with van der Waals surface area (Å²) in [6.45, 7) is 0.886. The average molecular weight is 302 g/mol. The smallest absolute Gasteiger partial charge is 0.122 e. The summed E-state index contributed by atoms with van der Waals surface area (Å²) in [5.41, 5.74) is 1.04. The number of ether oxygens (including phenoxy) is 1. The van der Waals surface area contributed by atoms with Crippen molar-refractivity contribution in [1.29, 1.82) is 0 Å². The molecule has 0 bridgehead atoms. The highest BCUT2D eigenvalue weighted by Gasteiger charge is 2.10. The van der Waals surface area contributed by atoms with Crippen LogP contribution in [0.3, 0.4) is 0 Å². The van der Waals surface area contributed by atoms with Gasteiger partial charge in [0.1, 0.15) is 5.75 Å². The molecule has 0 saturated heterocycles. The van der Waals surface area contributed by atoms with Crippen LogP contribution in [0.2, 0.25) is 0 Å². The molecular weight excluding hydrogens is 282 g/mol. The van der Waals surface area contributed by atoms with E-state index < -0.39 is 0 Å². The van der Waals surface area contributed by atoms with Crippen molar-refractivity contribution in [3.8, 4) is 5.75 Å². The molecule has 0 aliphatic rings. The monoisotopic (exact) mass is 301 g/mol. The normalized spacial score (nSPS) is 12.8. The third-order valence-corrected chi connectivity index (χ3v) is 3.10. The molecule has 0 heterocycles. The molecule has 1 atom stereocenters. The van der Waals surface area contributed by atoms with Gasteiger partial charge >= 0.3 is 0 Å². The maximum absolute atomic E-state index is 9.96.